The van der Waals surface area contributed by atoms with Gasteiger partial charge in [-0.2, -0.15) is 0 Å². The van der Waals surface area contributed by atoms with E-state index in [2.05, 4.69) is 42.9 Å². The van der Waals surface area contributed by atoms with Crippen LogP contribution in [0.2, 0.25) is 0 Å². The topological polar surface area (TPSA) is 60.0 Å². The maximum Gasteiger partial charge on any atom is 0.239 e. The first-order valence-electron chi connectivity index (χ1n) is 8.81. The summed E-state index contributed by atoms with van der Waals surface area (Å²) in [5.74, 6) is 0.748. The summed E-state index contributed by atoms with van der Waals surface area (Å²) >= 11 is 1.77. The average molecular weight is 499 g/mol. The Morgan fingerprint density at radius 3 is 2.44 bits per heavy atom. The van der Waals surface area contributed by atoms with Crippen molar-refractivity contribution in [1.82, 2.24) is 15.5 Å². The van der Waals surface area contributed by atoms with Gasteiger partial charge in [-0.15, -0.1) is 35.3 Å². The van der Waals surface area contributed by atoms with Crippen LogP contribution in [0.25, 0.3) is 0 Å². The number of aliphatic imine (C=N–C) groups is 1. The van der Waals surface area contributed by atoms with E-state index in [-0.39, 0.29) is 36.4 Å². The molecule has 1 aliphatic heterocycles. The fourth-order valence-electron chi connectivity index (χ4n) is 2.94. The molecule has 0 aliphatic carbocycles. The molecule has 0 radical (unpaired) electrons. The average Bonchev–Trinajstić information content (AvgIpc) is 3.23. The van der Waals surface area contributed by atoms with Crippen LogP contribution in [-0.2, 0) is 11.3 Å². The van der Waals surface area contributed by atoms with E-state index in [1.165, 1.54) is 5.00 Å². The van der Waals surface area contributed by atoms with Crippen molar-refractivity contribution in [1.29, 1.82) is 0 Å². The number of thiophene rings is 1. The number of piperazine rings is 1. The highest BCUT2D eigenvalue weighted by Gasteiger charge is 2.20. The fourth-order valence-corrected chi connectivity index (χ4v) is 3.72. The van der Waals surface area contributed by atoms with Crippen molar-refractivity contribution < 1.29 is 4.79 Å². The van der Waals surface area contributed by atoms with Crippen LogP contribution in [0.5, 0.6) is 0 Å². The number of nitrogens with zero attached hydrogens (tertiary/aromatic N) is 3. The Balaban J connectivity index is 0.00000261. The Morgan fingerprint density at radius 1 is 1.07 bits per heavy atom. The molecule has 1 fully saturated rings. The second-order valence-electron chi connectivity index (χ2n) is 6.09. The normalized spacial score (nSPS) is 14.5. The third-order valence-electron chi connectivity index (χ3n) is 4.35. The summed E-state index contributed by atoms with van der Waals surface area (Å²) in [4.78, 5) is 21.0. The van der Waals surface area contributed by atoms with Crippen LogP contribution in [0, 0.1) is 0 Å². The minimum absolute atomic E-state index is 0. The van der Waals surface area contributed by atoms with Crippen LogP contribution >= 0.6 is 35.3 Å². The summed E-state index contributed by atoms with van der Waals surface area (Å²) in [5, 5.41) is 9.52. The molecular formula is C19H26IN5OS. The lowest BCUT2D eigenvalue weighted by Crippen LogP contribution is -2.53. The molecule has 1 saturated heterocycles. The fraction of sp³-hybridized carbons (Fsp3) is 0.368. The number of carbonyl (C=O) groups is 1. The Morgan fingerprint density at radius 2 is 1.81 bits per heavy atom. The zero-order valence-corrected chi connectivity index (χ0v) is 18.6. The van der Waals surface area contributed by atoms with Crippen molar-refractivity contribution in [3.63, 3.8) is 0 Å². The Hall–Kier alpha value is -1.81. The Labute approximate surface area is 181 Å². The van der Waals surface area contributed by atoms with Gasteiger partial charge >= 0.3 is 0 Å². The minimum Gasteiger partial charge on any atom is -0.360 e. The van der Waals surface area contributed by atoms with Gasteiger partial charge in [0.05, 0.1) is 11.5 Å². The van der Waals surface area contributed by atoms with Crippen molar-refractivity contribution in [2.24, 2.45) is 4.99 Å². The highest BCUT2D eigenvalue weighted by molar-refractivity contribution is 14.0. The number of benzene rings is 1. The van der Waals surface area contributed by atoms with Crippen molar-refractivity contribution in [2.75, 3.05) is 44.7 Å². The van der Waals surface area contributed by atoms with Crippen molar-refractivity contribution in [3.8, 4) is 0 Å². The van der Waals surface area contributed by atoms with Crippen LogP contribution in [0.1, 0.15) is 5.56 Å². The van der Waals surface area contributed by atoms with Gasteiger partial charge in [0, 0.05) is 39.8 Å². The van der Waals surface area contributed by atoms with E-state index in [1.54, 1.807) is 18.4 Å². The van der Waals surface area contributed by atoms with Crippen molar-refractivity contribution in [3.05, 3.63) is 53.4 Å². The Bertz CT molecular complexity index is 715. The lowest BCUT2D eigenvalue weighted by molar-refractivity contribution is -0.120. The van der Waals surface area contributed by atoms with Crippen LogP contribution < -0.4 is 15.5 Å². The van der Waals surface area contributed by atoms with Gasteiger partial charge in [0.2, 0.25) is 5.91 Å². The molecule has 1 aliphatic rings. The van der Waals surface area contributed by atoms with Gasteiger partial charge in [0.15, 0.2) is 5.96 Å². The summed E-state index contributed by atoms with van der Waals surface area (Å²) in [6, 6.07) is 14.1. The molecule has 0 unspecified atom stereocenters. The SMILES string of the molecule is CN=C(NCC(=O)NCc1ccccc1)N1CCN(c2cccs2)CC1.I. The molecule has 1 amide bonds. The predicted molar refractivity (Wildman–Crippen MR) is 123 cm³/mol. The number of hydrogen-bond acceptors (Lipinski definition) is 4. The van der Waals surface area contributed by atoms with E-state index < -0.39 is 0 Å². The summed E-state index contributed by atoms with van der Waals surface area (Å²) in [7, 11) is 1.76. The molecule has 8 heteroatoms. The maximum absolute atomic E-state index is 12.1. The molecule has 146 valence electrons. The first-order chi connectivity index (χ1) is 12.8. The van der Waals surface area contributed by atoms with Gasteiger partial charge in [-0.3, -0.25) is 9.79 Å². The van der Waals surface area contributed by atoms with Gasteiger partial charge < -0.3 is 20.4 Å². The first kappa shape index (κ1) is 21.5. The number of carbonyl (C=O) groups excluding carboxylic acids is 1. The number of guanidine groups is 1. The molecule has 1 aromatic heterocycles. The van der Waals surface area contributed by atoms with E-state index in [1.807, 2.05) is 30.3 Å². The zero-order valence-electron chi connectivity index (χ0n) is 15.4. The molecule has 2 N–H and O–H groups in total. The van der Waals surface area contributed by atoms with E-state index in [4.69, 9.17) is 0 Å². The largest absolute Gasteiger partial charge is 0.360 e. The second kappa shape index (κ2) is 11.1. The van der Waals surface area contributed by atoms with Gasteiger partial charge in [-0.05, 0) is 23.1 Å². The molecule has 2 aromatic rings. The molecule has 1 aromatic carbocycles. The molecule has 6 nitrogen and oxygen atoms in total. The van der Waals surface area contributed by atoms with Gasteiger partial charge in [-0.1, -0.05) is 30.3 Å². The lowest BCUT2D eigenvalue weighted by Gasteiger charge is -2.36. The summed E-state index contributed by atoms with van der Waals surface area (Å²) in [5.41, 5.74) is 1.09. The second-order valence-corrected chi connectivity index (χ2v) is 7.01. The molecule has 2 heterocycles. The molecule has 0 bridgehead atoms. The molecular weight excluding hydrogens is 473 g/mol. The van der Waals surface area contributed by atoms with Crippen molar-refractivity contribution >= 4 is 52.2 Å². The van der Waals surface area contributed by atoms with Gasteiger partial charge in [0.1, 0.15) is 0 Å². The number of hydrogen-bond donors (Lipinski definition) is 2. The number of anilines is 1. The van der Waals surface area contributed by atoms with Crippen molar-refractivity contribution in [2.45, 2.75) is 6.54 Å². The molecule has 0 saturated carbocycles. The summed E-state index contributed by atoms with van der Waals surface area (Å²) < 4.78 is 0. The quantitative estimate of drug-likeness (QED) is 0.377. The number of amides is 1. The number of nitrogens with one attached hydrogen (secondary N) is 2. The van der Waals surface area contributed by atoms with E-state index in [0.717, 1.165) is 37.7 Å². The standard InChI is InChI=1S/C19H25N5OS.HI/c1-20-19(22-15-17(25)21-14-16-6-3-2-4-7-16)24-11-9-23(10-12-24)18-8-5-13-26-18;/h2-8,13H,9-12,14-15H2,1H3,(H,20,22)(H,21,25);1H. The molecule has 0 atom stereocenters. The zero-order chi connectivity index (χ0) is 18.2. The maximum atomic E-state index is 12.1. The monoisotopic (exact) mass is 499 g/mol. The van der Waals surface area contributed by atoms with E-state index >= 15 is 0 Å². The van der Waals surface area contributed by atoms with Crippen LogP contribution in [0.4, 0.5) is 5.00 Å². The highest BCUT2D eigenvalue weighted by atomic mass is 127. The highest BCUT2D eigenvalue weighted by Crippen LogP contribution is 2.22. The molecule has 0 spiro atoms. The first-order valence-corrected chi connectivity index (χ1v) is 9.69. The summed E-state index contributed by atoms with van der Waals surface area (Å²) in [6.07, 6.45) is 0. The van der Waals surface area contributed by atoms with Crippen LogP contribution in [0.15, 0.2) is 52.8 Å². The van der Waals surface area contributed by atoms with E-state index in [0.29, 0.717) is 6.54 Å². The third-order valence-corrected chi connectivity index (χ3v) is 5.28. The number of halogens is 1. The van der Waals surface area contributed by atoms with E-state index in [9.17, 15) is 4.79 Å². The van der Waals surface area contributed by atoms with Crippen LogP contribution in [0.3, 0.4) is 0 Å². The smallest absolute Gasteiger partial charge is 0.239 e. The summed E-state index contributed by atoms with van der Waals surface area (Å²) in [6.45, 7) is 4.47. The molecule has 3 rings (SSSR count). The predicted octanol–water partition coefficient (Wildman–Crippen LogP) is 2.38. The van der Waals surface area contributed by atoms with Crippen LogP contribution in [-0.4, -0.2) is 56.5 Å². The third kappa shape index (κ3) is 6.39. The lowest BCUT2D eigenvalue weighted by atomic mass is 10.2. The molecule has 27 heavy (non-hydrogen) atoms. The van der Waals surface area contributed by atoms with Gasteiger partial charge in [0.25, 0.3) is 0 Å². The minimum atomic E-state index is -0.0350. The van der Waals surface area contributed by atoms with Gasteiger partial charge in [-0.25, -0.2) is 0 Å². The Kier molecular flexibility index (Phi) is 8.86. The number of rotatable bonds is 5.